The molecule has 1 atom stereocenters. The lowest BCUT2D eigenvalue weighted by Crippen LogP contribution is -2.31. The van der Waals surface area contributed by atoms with Crippen LogP contribution >= 0.6 is 0 Å². The molecule has 0 aromatic heterocycles. The van der Waals surface area contributed by atoms with Gasteiger partial charge in [0.2, 0.25) is 0 Å². The summed E-state index contributed by atoms with van der Waals surface area (Å²) in [4.78, 5) is 0. The van der Waals surface area contributed by atoms with Crippen LogP contribution in [-0.4, -0.2) is 17.0 Å². The summed E-state index contributed by atoms with van der Waals surface area (Å²) >= 11 is 0. The van der Waals surface area contributed by atoms with Gasteiger partial charge in [0, 0.05) is 6.42 Å². The van der Waals surface area contributed by atoms with Crippen LogP contribution in [0.15, 0.2) is 0 Å². The summed E-state index contributed by atoms with van der Waals surface area (Å²) in [5.41, 5.74) is 0.0949. The average Bonchev–Trinajstić information content (AvgIpc) is 2.34. The molecule has 1 aliphatic heterocycles. The van der Waals surface area contributed by atoms with Gasteiger partial charge in [0.05, 0.1) is 5.60 Å². The monoisotopic (exact) mass is 156 g/mol. The predicted molar refractivity (Wildman–Crippen MR) is 42.1 cm³/mol. The van der Waals surface area contributed by atoms with Gasteiger partial charge in [-0.05, 0) is 19.3 Å². The molecule has 11 heavy (non-hydrogen) atoms. The van der Waals surface area contributed by atoms with Gasteiger partial charge < -0.3 is 9.84 Å². The van der Waals surface area contributed by atoms with Crippen LogP contribution in [0.4, 0.5) is 0 Å². The van der Waals surface area contributed by atoms with Crippen LogP contribution in [0, 0.1) is 0 Å². The molecule has 2 fully saturated rings. The third-order valence-electron chi connectivity index (χ3n) is 3.00. The van der Waals surface area contributed by atoms with Gasteiger partial charge in [-0.25, -0.2) is 0 Å². The Balaban J connectivity index is 1.98. The Hall–Kier alpha value is -0.0800. The zero-order valence-corrected chi connectivity index (χ0v) is 6.88. The molecule has 0 bridgehead atoms. The Bertz CT molecular complexity index is 133. The van der Waals surface area contributed by atoms with Gasteiger partial charge >= 0.3 is 0 Å². The Kier molecular flexibility index (Phi) is 1.90. The van der Waals surface area contributed by atoms with Gasteiger partial charge in [0.1, 0.15) is 0 Å². The van der Waals surface area contributed by atoms with Crippen molar-refractivity contribution >= 4 is 0 Å². The Morgan fingerprint density at radius 2 is 1.82 bits per heavy atom. The molecule has 1 aliphatic carbocycles. The second-order valence-corrected chi connectivity index (χ2v) is 3.85. The van der Waals surface area contributed by atoms with Gasteiger partial charge in [-0.15, -0.1) is 0 Å². The van der Waals surface area contributed by atoms with Crippen molar-refractivity contribution in [2.75, 3.05) is 0 Å². The zero-order valence-electron chi connectivity index (χ0n) is 6.88. The topological polar surface area (TPSA) is 29.5 Å². The van der Waals surface area contributed by atoms with Gasteiger partial charge in [-0.2, -0.15) is 0 Å². The van der Waals surface area contributed by atoms with Gasteiger partial charge in [0.25, 0.3) is 0 Å². The lowest BCUT2D eigenvalue weighted by Gasteiger charge is -2.32. The van der Waals surface area contributed by atoms with Crippen LogP contribution < -0.4 is 0 Å². The highest BCUT2D eigenvalue weighted by Crippen LogP contribution is 2.40. The highest BCUT2D eigenvalue weighted by molar-refractivity contribution is 4.88. The predicted octanol–water partition coefficient (Wildman–Crippen LogP) is 1.82. The Morgan fingerprint density at radius 1 is 1.09 bits per heavy atom. The molecule has 2 rings (SSSR count). The van der Waals surface area contributed by atoms with Crippen LogP contribution in [0.3, 0.4) is 0 Å². The van der Waals surface area contributed by atoms with Crippen molar-refractivity contribution in [3.05, 3.63) is 0 Å². The molecule has 1 saturated heterocycles. The van der Waals surface area contributed by atoms with Crippen LogP contribution in [0.25, 0.3) is 0 Å². The molecule has 2 heteroatoms. The van der Waals surface area contributed by atoms with Crippen molar-refractivity contribution in [3.63, 3.8) is 0 Å². The number of aliphatic hydroxyl groups excluding tert-OH is 1. The molecule has 1 saturated carbocycles. The van der Waals surface area contributed by atoms with Crippen molar-refractivity contribution in [1.82, 2.24) is 0 Å². The quantitative estimate of drug-likeness (QED) is 0.579. The van der Waals surface area contributed by atoms with Crippen molar-refractivity contribution in [2.24, 2.45) is 0 Å². The molecule has 0 aromatic rings. The van der Waals surface area contributed by atoms with Gasteiger partial charge in [-0.3, -0.25) is 0 Å². The lowest BCUT2D eigenvalue weighted by atomic mass is 9.83. The molecule has 0 radical (unpaired) electrons. The third-order valence-corrected chi connectivity index (χ3v) is 3.00. The number of hydrogen-bond acceptors (Lipinski definition) is 2. The number of hydrogen-bond donors (Lipinski definition) is 1. The van der Waals surface area contributed by atoms with Gasteiger partial charge in [0.15, 0.2) is 6.29 Å². The molecular weight excluding hydrogens is 140 g/mol. The van der Waals surface area contributed by atoms with E-state index in [9.17, 15) is 5.11 Å². The van der Waals surface area contributed by atoms with E-state index in [0.717, 1.165) is 12.8 Å². The van der Waals surface area contributed by atoms with E-state index in [-0.39, 0.29) is 5.60 Å². The minimum absolute atomic E-state index is 0.0949. The fourth-order valence-corrected chi connectivity index (χ4v) is 2.36. The van der Waals surface area contributed by atoms with E-state index in [4.69, 9.17) is 4.74 Å². The van der Waals surface area contributed by atoms with Crippen molar-refractivity contribution < 1.29 is 9.84 Å². The first kappa shape index (κ1) is 7.56. The molecule has 1 heterocycles. The molecule has 0 aromatic carbocycles. The van der Waals surface area contributed by atoms with Gasteiger partial charge in [-0.1, -0.05) is 19.3 Å². The van der Waals surface area contributed by atoms with Crippen LogP contribution in [0.1, 0.15) is 44.9 Å². The fourth-order valence-electron chi connectivity index (χ4n) is 2.36. The minimum Gasteiger partial charge on any atom is -0.368 e. The average molecular weight is 156 g/mol. The normalized spacial score (nSPS) is 36.3. The zero-order chi connectivity index (χ0) is 7.73. The summed E-state index contributed by atoms with van der Waals surface area (Å²) in [7, 11) is 0. The van der Waals surface area contributed by atoms with Crippen molar-refractivity contribution in [1.29, 1.82) is 0 Å². The van der Waals surface area contributed by atoms with E-state index in [1.165, 1.54) is 32.1 Å². The molecule has 1 N–H and O–H groups in total. The van der Waals surface area contributed by atoms with E-state index in [2.05, 4.69) is 0 Å². The van der Waals surface area contributed by atoms with E-state index < -0.39 is 6.29 Å². The first-order chi connectivity index (χ1) is 5.31. The molecule has 64 valence electrons. The highest BCUT2D eigenvalue weighted by Gasteiger charge is 2.39. The van der Waals surface area contributed by atoms with Crippen LogP contribution in [0.5, 0.6) is 0 Å². The molecule has 0 amide bonds. The Labute approximate surface area is 67.6 Å². The molecule has 2 nitrogen and oxygen atoms in total. The number of ether oxygens (including phenoxy) is 1. The lowest BCUT2D eigenvalue weighted by molar-refractivity contribution is -0.148. The summed E-state index contributed by atoms with van der Waals surface area (Å²) in [5, 5.41) is 9.22. The standard InChI is InChI=1S/C9H16O2/c10-8-4-7-9(11-8)5-2-1-3-6-9/h8,10H,1-7H2. The minimum atomic E-state index is -0.465. The summed E-state index contributed by atoms with van der Waals surface area (Å²) in [6.45, 7) is 0. The largest absolute Gasteiger partial charge is 0.368 e. The second kappa shape index (κ2) is 2.76. The first-order valence-electron chi connectivity index (χ1n) is 4.67. The number of rotatable bonds is 0. The fraction of sp³-hybridized carbons (Fsp3) is 1.00. The van der Waals surface area contributed by atoms with E-state index in [1.54, 1.807) is 0 Å². The third kappa shape index (κ3) is 1.42. The van der Waals surface area contributed by atoms with Crippen molar-refractivity contribution in [2.45, 2.75) is 56.8 Å². The summed E-state index contributed by atoms with van der Waals surface area (Å²) in [6, 6.07) is 0. The van der Waals surface area contributed by atoms with E-state index in [1.807, 2.05) is 0 Å². The summed E-state index contributed by atoms with van der Waals surface area (Å²) < 4.78 is 5.55. The second-order valence-electron chi connectivity index (χ2n) is 3.85. The van der Waals surface area contributed by atoms with E-state index in [0.29, 0.717) is 0 Å². The SMILES string of the molecule is OC1CCC2(CCCCC2)O1. The maximum Gasteiger partial charge on any atom is 0.155 e. The molecule has 1 unspecified atom stereocenters. The Morgan fingerprint density at radius 3 is 2.36 bits per heavy atom. The maximum atomic E-state index is 9.22. The smallest absolute Gasteiger partial charge is 0.155 e. The maximum absolute atomic E-state index is 9.22. The van der Waals surface area contributed by atoms with E-state index >= 15 is 0 Å². The number of aliphatic hydroxyl groups is 1. The highest BCUT2D eigenvalue weighted by atomic mass is 16.6. The molecule has 2 aliphatic rings. The van der Waals surface area contributed by atoms with Crippen molar-refractivity contribution in [3.8, 4) is 0 Å². The molecule has 1 spiro atoms. The van der Waals surface area contributed by atoms with Crippen LogP contribution in [-0.2, 0) is 4.74 Å². The van der Waals surface area contributed by atoms with Crippen LogP contribution in [0.2, 0.25) is 0 Å². The summed E-state index contributed by atoms with van der Waals surface area (Å²) in [5.74, 6) is 0. The molecular formula is C9H16O2. The first-order valence-corrected chi connectivity index (χ1v) is 4.67. The summed E-state index contributed by atoms with van der Waals surface area (Å²) in [6.07, 6.45) is 7.72.